The zero-order chi connectivity index (χ0) is 32.2. The first-order chi connectivity index (χ1) is 21.4. The molecule has 2 saturated heterocycles. The first-order valence-electron chi connectivity index (χ1n) is 15.4. The molecule has 2 fully saturated rings. The Balaban J connectivity index is 1.43. The summed E-state index contributed by atoms with van der Waals surface area (Å²) in [6.45, 7) is 9.43. The van der Waals surface area contributed by atoms with Gasteiger partial charge in [0.1, 0.15) is 30.0 Å². The molecule has 0 unspecified atom stereocenters. The lowest BCUT2D eigenvalue weighted by Crippen LogP contribution is -2.54. The molecule has 0 radical (unpaired) electrons. The van der Waals surface area contributed by atoms with E-state index in [0.717, 1.165) is 16.7 Å². The average Bonchev–Trinajstić information content (AvgIpc) is 3.33. The molecule has 0 aliphatic carbocycles. The fraction of sp³-hybridized carbons (Fsp3) is 0.417. The Morgan fingerprint density at radius 1 is 0.844 bits per heavy atom. The third-order valence-corrected chi connectivity index (χ3v) is 7.99. The summed E-state index contributed by atoms with van der Waals surface area (Å²) in [4.78, 5) is 43.9. The zero-order valence-electron chi connectivity index (χ0n) is 26.6. The van der Waals surface area contributed by atoms with Gasteiger partial charge in [0.2, 0.25) is 0 Å². The van der Waals surface area contributed by atoms with Crippen LogP contribution in [0, 0.1) is 0 Å². The van der Waals surface area contributed by atoms with Gasteiger partial charge in [0, 0.05) is 0 Å². The number of carbonyl (C=O) groups excluding carboxylic acids is 3. The zero-order valence-corrected chi connectivity index (χ0v) is 26.6. The molecule has 45 heavy (non-hydrogen) atoms. The van der Waals surface area contributed by atoms with Gasteiger partial charge in [0.25, 0.3) is 0 Å². The van der Waals surface area contributed by atoms with Crippen LogP contribution in [0.4, 0.5) is 9.59 Å². The van der Waals surface area contributed by atoms with Crippen molar-refractivity contribution < 1.29 is 33.3 Å². The van der Waals surface area contributed by atoms with Gasteiger partial charge in [-0.1, -0.05) is 91.0 Å². The van der Waals surface area contributed by atoms with Gasteiger partial charge in [-0.05, 0) is 64.2 Å². The van der Waals surface area contributed by atoms with Crippen LogP contribution in [0.5, 0.6) is 0 Å². The Morgan fingerprint density at radius 3 is 2.02 bits per heavy atom. The molecule has 238 valence electrons. The highest BCUT2D eigenvalue weighted by molar-refractivity contribution is 5.83. The van der Waals surface area contributed by atoms with E-state index < -0.39 is 47.7 Å². The Morgan fingerprint density at radius 2 is 1.42 bits per heavy atom. The van der Waals surface area contributed by atoms with E-state index >= 15 is 0 Å². The van der Waals surface area contributed by atoms with Crippen LogP contribution in [0.15, 0.2) is 91.0 Å². The minimum absolute atomic E-state index is 0.0558. The van der Waals surface area contributed by atoms with Gasteiger partial charge in [0.15, 0.2) is 6.10 Å². The van der Waals surface area contributed by atoms with Gasteiger partial charge in [-0.2, -0.15) is 0 Å². The molecular weight excluding hydrogens is 572 g/mol. The molecule has 2 aliphatic rings. The van der Waals surface area contributed by atoms with E-state index in [4.69, 9.17) is 18.9 Å². The minimum Gasteiger partial charge on any atom is -0.453 e. The largest absolute Gasteiger partial charge is 0.453 e. The smallest absolute Gasteiger partial charge is 0.412 e. The summed E-state index contributed by atoms with van der Waals surface area (Å²) >= 11 is 0. The number of rotatable bonds is 7. The fourth-order valence-corrected chi connectivity index (χ4v) is 5.93. The number of esters is 1. The van der Waals surface area contributed by atoms with E-state index in [2.05, 4.69) is 0 Å². The van der Waals surface area contributed by atoms with Crippen molar-refractivity contribution in [1.82, 2.24) is 9.80 Å². The van der Waals surface area contributed by atoms with Gasteiger partial charge >= 0.3 is 18.2 Å². The van der Waals surface area contributed by atoms with E-state index in [1.807, 2.05) is 126 Å². The van der Waals surface area contributed by atoms with Gasteiger partial charge in [0.05, 0.1) is 12.6 Å². The highest BCUT2D eigenvalue weighted by atomic mass is 16.6. The lowest BCUT2D eigenvalue weighted by Gasteiger charge is -2.44. The first kappa shape index (κ1) is 32.0. The van der Waals surface area contributed by atoms with E-state index in [1.165, 1.54) is 4.90 Å². The summed E-state index contributed by atoms with van der Waals surface area (Å²) in [6.07, 6.45) is -1.57. The summed E-state index contributed by atoms with van der Waals surface area (Å²) in [7, 11) is 0. The van der Waals surface area contributed by atoms with Crippen molar-refractivity contribution in [2.45, 2.75) is 89.7 Å². The topological polar surface area (TPSA) is 94.6 Å². The SMILES string of the molecule is CC(C)(C)OC(=O)N1C[C@@H](CC[C@H]2C(=O)O[C@H](c3ccccc3)[C@H](c3ccccc3)N2C(=O)OCc2ccccc2)OC1(C)C. The molecule has 2 heterocycles. The van der Waals surface area contributed by atoms with Gasteiger partial charge in [-0.15, -0.1) is 0 Å². The maximum atomic E-state index is 14.1. The first-order valence-corrected chi connectivity index (χ1v) is 15.4. The van der Waals surface area contributed by atoms with Crippen LogP contribution in [-0.2, 0) is 30.3 Å². The number of morpholine rings is 1. The van der Waals surface area contributed by atoms with Crippen LogP contribution in [0.1, 0.15) is 76.3 Å². The van der Waals surface area contributed by atoms with Crippen molar-refractivity contribution in [2.75, 3.05) is 6.54 Å². The van der Waals surface area contributed by atoms with Crippen LogP contribution < -0.4 is 0 Å². The second-order valence-corrected chi connectivity index (χ2v) is 12.9. The molecule has 2 amide bonds. The number of hydrogen-bond donors (Lipinski definition) is 0. The lowest BCUT2D eigenvalue weighted by atomic mass is 9.90. The molecule has 4 atom stereocenters. The Bertz CT molecular complexity index is 1460. The molecular formula is C36H42N2O7. The maximum absolute atomic E-state index is 14.1. The number of ether oxygens (including phenoxy) is 4. The van der Waals surface area contributed by atoms with Gasteiger partial charge in [-0.3, -0.25) is 9.80 Å². The molecule has 2 aliphatic heterocycles. The van der Waals surface area contributed by atoms with Crippen LogP contribution in [-0.4, -0.2) is 58.0 Å². The molecule has 0 saturated carbocycles. The summed E-state index contributed by atoms with van der Waals surface area (Å²) in [5, 5.41) is 0. The standard InChI is InChI=1S/C36H42N2O7/c1-35(2,3)45-33(40)37-23-28(44-36(37,4)5)21-22-29-32(39)43-31(27-19-13-8-14-20-27)30(26-17-11-7-12-18-26)38(29)34(41)42-24-25-15-9-6-10-16-25/h6-20,28-31H,21-24H2,1-5H3/t28-,29+,30+,31-/m1/s1. The van der Waals surface area contributed by atoms with E-state index in [-0.39, 0.29) is 25.7 Å². The summed E-state index contributed by atoms with van der Waals surface area (Å²) in [5.74, 6) is -0.519. The summed E-state index contributed by atoms with van der Waals surface area (Å²) in [6, 6.07) is 26.8. The quantitative estimate of drug-likeness (QED) is 0.205. The van der Waals surface area contributed by atoms with Crippen molar-refractivity contribution in [3.05, 3.63) is 108 Å². The van der Waals surface area contributed by atoms with Crippen LogP contribution in [0.25, 0.3) is 0 Å². The molecule has 0 bridgehead atoms. The molecule has 0 spiro atoms. The monoisotopic (exact) mass is 614 g/mol. The van der Waals surface area contributed by atoms with Gasteiger partial charge < -0.3 is 18.9 Å². The predicted octanol–water partition coefficient (Wildman–Crippen LogP) is 7.19. The normalized spacial score (nSPS) is 22.9. The summed E-state index contributed by atoms with van der Waals surface area (Å²) < 4.78 is 23.9. The number of hydrogen-bond acceptors (Lipinski definition) is 7. The van der Waals surface area contributed by atoms with Crippen LogP contribution in [0.3, 0.4) is 0 Å². The maximum Gasteiger partial charge on any atom is 0.412 e. The Labute approximate surface area is 265 Å². The number of cyclic esters (lactones) is 1. The molecule has 9 heteroatoms. The van der Waals surface area contributed by atoms with E-state index in [1.54, 1.807) is 4.90 Å². The Kier molecular flexibility index (Phi) is 9.48. The van der Waals surface area contributed by atoms with Crippen LogP contribution >= 0.6 is 0 Å². The van der Waals surface area contributed by atoms with Crippen LogP contribution in [0.2, 0.25) is 0 Å². The van der Waals surface area contributed by atoms with E-state index in [9.17, 15) is 14.4 Å². The highest BCUT2D eigenvalue weighted by Crippen LogP contribution is 2.44. The van der Waals surface area contributed by atoms with Crippen molar-refractivity contribution in [1.29, 1.82) is 0 Å². The molecule has 9 nitrogen and oxygen atoms in total. The lowest BCUT2D eigenvalue weighted by molar-refractivity contribution is -0.174. The Hall–Kier alpha value is -4.37. The van der Waals surface area contributed by atoms with Crippen molar-refractivity contribution >= 4 is 18.2 Å². The highest BCUT2D eigenvalue weighted by Gasteiger charge is 2.50. The third kappa shape index (κ3) is 7.65. The fourth-order valence-electron chi connectivity index (χ4n) is 5.93. The summed E-state index contributed by atoms with van der Waals surface area (Å²) in [5.41, 5.74) is 0.864. The molecule has 0 aromatic heterocycles. The second-order valence-electron chi connectivity index (χ2n) is 12.9. The second kappa shape index (κ2) is 13.3. The average molecular weight is 615 g/mol. The molecule has 0 N–H and O–H groups in total. The van der Waals surface area contributed by atoms with Gasteiger partial charge in [-0.25, -0.2) is 14.4 Å². The number of amides is 2. The number of benzene rings is 3. The number of nitrogens with zero attached hydrogens (tertiary/aromatic N) is 2. The predicted molar refractivity (Wildman–Crippen MR) is 168 cm³/mol. The molecule has 3 aromatic carbocycles. The minimum atomic E-state index is -0.944. The van der Waals surface area contributed by atoms with E-state index in [0.29, 0.717) is 6.42 Å². The van der Waals surface area contributed by atoms with Crippen molar-refractivity contribution in [3.63, 3.8) is 0 Å². The molecule has 5 rings (SSSR count). The van der Waals surface area contributed by atoms with Crippen molar-refractivity contribution in [2.24, 2.45) is 0 Å². The molecule has 3 aromatic rings. The van der Waals surface area contributed by atoms with Crippen molar-refractivity contribution in [3.8, 4) is 0 Å². The third-order valence-electron chi connectivity index (χ3n) is 7.99. The number of carbonyl (C=O) groups is 3.